The lowest BCUT2D eigenvalue weighted by atomic mass is 9.97. The summed E-state index contributed by atoms with van der Waals surface area (Å²) in [7, 11) is 1.55. The van der Waals surface area contributed by atoms with Crippen LogP contribution in [0.5, 0.6) is 5.75 Å². The van der Waals surface area contributed by atoms with E-state index in [9.17, 15) is 24.3 Å². The number of hydrogen-bond donors (Lipinski definition) is 6. The van der Waals surface area contributed by atoms with Gasteiger partial charge in [0.15, 0.2) is 0 Å². The first-order chi connectivity index (χ1) is 13.7. The highest BCUT2D eigenvalue weighted by Gasteiger charge is 2.30. The van der Waals surface area contributed by atoms with Crippen molar-refractivity contribution in [1.82, 2.24) is 16.2 Å². The fourth-order valence-electron chi connectivity index (χ4n) is 2.57. The predicted molar refractivity (Wildman–Crippen MR) is 110 cm³/mol. The van der Waals surface area contributed by atoms with Crippen molar-refractivity contribution < 1.29 is 29.4 Å². The molecule has 0 aromatic heterocycles. The van der Waals surface area contributed by atoms with Gasteiger partial charge in [-0.1, -0.05) is 12.1 Å². The lowest BCUT2D eigenvalue weighted by Crippen LogP contribution is -2.56. The molecule has 0 fully saturated rings. The van der Waals surface area contributed by atoms with Crippen molar-refractivity contribution in [3.63, 3.8) is 0 Å². The van der Waals surface area contributed by atoms with E-state index in [-0.39, 0.29) is 36.5 Å². The first-order valence-electron chi connectivity index (χ1n) is 9.07. The third-order valence-electron chi connectivity index (χ3n) is 4.35. The van der Waals surface area contributed by atoms with Gasteiger partial charge in [0.2, 0.25) is 11.6 Å². The summed E-state index contributed by atoms with van der Waals surface area (Å²) in [6, 6.07) is 3.55. The molecule has 1 rings (SSSR count). The summed E-state index contributed by atoms with van der Waals surface area (Å²) < 4.78 is 0. The number of rotatable bonds is 14. The minimum absolute atomic E-state index is 0.0293. The predicted octanol–water partition coefficient (Wildman–Crippen LogP) is -0.124. The molecule has 0 saturated heterocycles. The van der Waals surface area contributed by atoms with E-state index in [1.54, 1.807) is 19.2 Å². The summed E-state index contributed by atoms with van der Waals surface area (Å²) in [5, 5.41) is 21.0. The summed E-state index contributed by atoms with van der Waals surface area (Å²) >= 11 is 4.07. The Kier molecular flexibility index (Phi) is 10.5. The van der Waals surface area contributed by atoms with Crippen LogP contribution >= 0.6 is 12.6 Å². The van der Waals surface area contributed by atoms with E-state index in [0.29, 0.717) is 5.56 Å². The number of hydrazine groups is 1. The fourth-order valence-corrected chi connectivity index (χ4v) is 2.92. The van der Waals surface area contributed by atoms with Crippen molar-refractivity contribution >= 4 is 35.9 Å². The van der Waals surface area contributed by atoms with Crippen LogP contribution in [-0.4, -0.2) is 64.5 Å². The van der Waals surface area contributed by atoms with Crippen molar-refractivity contribution in [1.29, 1.82) is 0 Å². The lowest BCUT2D eigenvalue weighted by Gasteiger charge is -2.23. The first kappa shape index (κ1) is 24.8. The number of ketones is 3. The van der Waals surface area contributed by atoms with Crippen LogP contribution in [0.1, 0.15) is 25.3 Å². The van der Waals surface area contributed by atoms with Gasteiger partial charge in [-0.2, -0.15) is 12.6 Å². The number of aromatic hydroxyl groups is 1. The van der Waals surface area contributed by atoms with E-state index < -0.39 is 35.7 Å². The number of thiol groups is 1. The Balaban J connectivity index is 2.97. The third kappa shape index (κ3) is 8.32. The number of phenols is 1. The van der Waals surface area contributed by atoms with Crippen molar-refractivity contribution in [3.8, 4) is 5.75 Å². The Morgan fingerprint density at radius 2 is 1.55 bits per heavy atom. The van der Waals surface area contributed by atoms with Crippen LogP contribution in [0.3, 0.4) is 0 Å². The summed E-state index contributed by atoms with van der Waals surface area (Å²) in [6.07, 6.45) is -0.0815. The third-order valence-corrected chi connectivity index (χ3v) is 4.72. The van der Waals surface area contributed by atoms with Crippen LogP contribution in [0.15, 0.2) is 24.3 Å². The van der Waals surface area contributed by atoms with Crippen molar-refractivity contribution in [2.75, 3.05) is 12.8 Å². The van der Waals surface area contributed by atoms with E-state index in [2.05, 4.69) is 28.8 Å². The van der Waals surface area contributed by atoms with Crippen LogP contribution in [0.25, 0.3) is 0 Å². The topological polar surface area (TPSA) is 145 Å². The molecule has 0 spiro atoms. The number of carboxylic acid groups (broad SMARTS) is 1. The molecule has 3 atom stereocenters. The standard InChI is InChI=1S/C19H27N3O6S/c1-11(23)14(7-8-17(25)26)21-22-15(9-12-3-5-13(24)6-4-12)18(27)19(28)16(10-29)20-2/h3-6,14-16,20-22,24,29H,7-10H2,1-2H3,(H,25,26)/t14-,15-,16-/m0/s1. The van der Waals surface area contributed by atoms with Crippen LogP contribution in [0, 0.1) is 0 Å². The summed E-state index contributed by atoms with van der Waals surface area (Å²) in [6.45, 7) is 1.31. The zero-order valence-electron chi connectivity index (χ0n) is 16.3. The molecule has 1 aromatic rings. The van der Waals surface area contributed by atoms with Crippen LogP contribution in [0.2, 0.25) is 0 Å². The molecule has 160 valence electrons. The number of hydrogen-bond acceptors (Lipinski definition) is 9. The average molecular weight is 426 g/mol. The number of nitrogens with one attached hydrogen (secondary N) is 3. The van der Waals surface area contributed by atoms with Gasteiger partial charge in [0.25, 0.3) is 0 Å². The minimum atomic E-state index is -1.05. The highest BCUT2D eigenvalue weighted by atomic mass is 32.1. The SMILES string of the molecule is CN[C@@H](CS)C(=O)C(=O)[C@H](Cc1ccc(O)cc1)NN[C@@H](CCC(=O)O)C(C)=O. The molecule has 0 saturated carbocycles. The summed E-state index contributed by atoms with van der Waals surface area (Å²) in [4.78, 5) is 47.8. The molecule has 10 heteroatoms. The number of aliphatic carboxylic acids is 1. The molecule has 1 aromatic carbocycles. The normalized spacial score (nSPS) is 14.0. The second kappa shape index (κ2) is 12.3. The maximum Gasteiger partial charge on any atom is 0.303 e. The lowest BCUT2D eigenvalue weighted by molar-refractivity contribution is -0.139. The highest BCUT2D eigenvalue weighted by molar-refractivity contribution is 7.80. The molecule has 0 aliphatic carbocycles. The monoisotopic (exact) mass is 425 g/mol. The number of Topliss-reactive ketones (excluding diaryl/α,β-unsaturated/α-hetero) is 3. The number of likely N-dealkylation sites (N-methyl/N-ethyl adjacent to an activating group) is 1. The second-order valence-electron chi connectivity index (χ2n) is 6.56. The minimum Gasteiger partial charge on any atom is -0.508 e. The molecule has 0 heterocycles. The summed E-state index contributed by atoms with van der Waals surface area (Å²) in [5.74, 6) is -2.52. The Morgan fingerprint density at radius 3 is 2.03 bits per heavy atom. The zero-order chi connectivity index (χ0) is 22.0. The number of phenolic OH excluding ortho intramolecular Hbond substituents is 1. The Morgan fingerprint density at radius 1 is 1.00 bits per heavy atom. The molecule has 9 nitrogen and oxygen atoms in total. The van der Waals surface area contributed by atoms with Crippen molar-refractivity contribution in [3.05, 3.63) is 29.8 Å². The van der Waals surface area contributed by atoms with Gasteiger partial charge in [-0.05, 0) is 44.5 Å². The number of carboxylic acids is 1. The number of benzene rings is 1. The van der Waals surface area contributed by atoms with Gasteiger partial charge < -0.3 is 15.5 Å². The smallest absolute Gasteiger partial charge is 0.303 e. The quantitative estimate of drug-likeness (QED) is 0.136. The van der Waals surface area contributed by atoms with Crippen LogP contribution in [0.4, 0.5) is 0 Å². The highest BCUT2D eigenvalue weighted by Crippen LogP contribution is 2.12. The van der Waals surface area contributed by atoms with E-state index >= 15 is 0 Å². The van der Waals surface area contributed by atoms with E-state index in [0.717, 1.165) is 0 Å². The van der Waals surface area contributed by atoms with E-state index in [1.165, 1.54) is 19.1 Å². The number of carbonyl (C=O) groups is 4. The molecule has 0 bridgehead atoms. The van der Waals surface area contributed by atoms with Crippen LogP contribution in [-0.2, 0) is 25.6 Å². The van der Waals surface area contributed by atoms with Gasteiger partial charge in [0.05, 0.1) is 18.1 Å². The first-order valence-corrected chi connectivity index (χ1v) is 9.70. The van der Waals surface area contributed by atoms with Gasteiger partial charge in [-0.25, -0.2) is 10.9 Å². The molecule has 0 aliphatic rings. The molecule has 0 radical (unpaired) electrons. The van der Waals surface area contributed by atoms with Gasteiger partial charge in [0.1, 0.15) is 11.5 Å². The molecular formula is C19H27N3O6S. The van der Waals surface area contributed by atoms with Crippen molar-refractivity contribution in [2.24, 2.45) is 0 Å². The fraction of sp³-hybridized carbons (Fsp3) is 0.474. The molecule has 0 aliphatic heterocycles. The Labute approximate surface area is 174 Å². The Bertz CT molecular complexity index is 721. The van der Waals surface area contributed by atoms with E-state index in [4.69, 9.17) is 5.11 Å². The second-order valence-corrected chi connectivity index (χ2v) is 6.92. The van der Waals surface area contributed by atoms with Crippen LogP contribution < -0.4 is 16.2 Å². The van der Waals surface area contributed by atoms with Gasteiger partial charge in [-0.15, -0.1) is 0 Å². The zero-order valence-corrected chi connectivity index (χ0v) is 17.2. The van der Waals surface area contributed by atoms with Gasteiger partial charge in [-0.3, -0.25) is 19.2 Å². The molecular weight excluding hydrogens is 398 g/mol. The van der Waals surface area contributed by atoms with E-state index in [1.807, 2.05) is 0 Å². The van der Waals surface area contributed by atoms with Gasteiger partial charge >= 0.3 is 5.97 Å². The largest absolute Gasteiger partial charge is 0.508 e. The molecule has 29 heavy (non-hydrogen) atoms. The average Bonchev–Trinajstić information content (AvgIpc) is 2.68. The van der Waals surface area contributed by atoms with Crippen molar-refractivity contribution in [2.45, 2.75) is 44.3 Å². The molecule has 0 amide bonds. The maximum absolute atomic E-state index is 12.8. The maximum atomic E-state index is 12.8. The summed E-state index contributed by atoms with van der Waals surface area (Å²) in [5.41, 5.74) is 6.10. The number of carbonyl (C=O) groups excluding carboxylic acids is 3. The molecule has 5 N–H and O–H groups in total. The van der Waals surface area contributed by atoms with Gasteiger partial charge in [0, 0.05) is 12.2 Å². The molecule has 0 unspecified atom stereocenters. The Hall–Kier alpha value is -2.27.